The molecule has 1 aliphatic carbocycles. The molecule has 0 amide bonds. The first-order valence-electron chi connectivity index (χ1n) is 8.43. The Bertz CT molecular complexity index is 993. The maximum atomic E-state index is 3.37. The highest BCUT2D eigenvalue weighted by atomic mass is 14.2. The molecule has 116 valence electrons. The third-order valence-corrected chi connectivity index (χ3v) is 4.91. The number of fused-ring (bicyclic) bond motifs is 3. The van der Waals surface area contributed by atoms with E-state index in [1.165, 1.54) is 38.9 Å². The molecule has 0 unspecified atom stereocenters. The van der Waals surface area contributed by atoms with Gasteiger partial charge in [0.1, 0.15) is 0 Å². The molecule has 0 atom stereocenters. The van der Waals surface area contributed by atoms with Crippen LogP contribution in [0.25, 0.3) is 11.1 Å². The molecule has 0 saturated carbocycles. The molecule has 0 aromatic heterocycles. The summed E-state index contributed by atoms with van der Waals surface area (Å²) in [6, 6.07) is 19.6. The lowest BCUT2D eigenvalue weighted by Crippen LogP contribution is -1.91. The summed E-state index contributed by atoms with van der Waals surface area (Å²) in [5.74, 6) is 6.67. The van der Waals surface area contributed by atoms with Crippen LogP contribution >= 0.6 is 0 Å². The zero-order valence-electron chi connectivity index (χ0n) is 14.4. The summed E-state index contributed by atoms with van der Waals surface area (Å²) in [5.41, 5.74) is 11.8. The maximum Gasteiger partial charge on any atom is 0.0281 e. The molecule has 3 aromatic carbocycles. The van der Waals surface area contributed by atoms with Crippen LogP contribution in [0.4, 0.5) is 0 Å². The smallest absolute Gasteiger partial charge is 0.0281 e. The third-order valence-electron chi connectivity index (χ3n) is 4.91. The van der Waals surface area contributed by atoms with Gasteiger partial charge >= 0.3 is 0 Å². The van der Waals surface area contributed by atoms with Crippen molar-refractivity contribution in [3.8, 4) is 23.0 Å². The Morgan fingerprint density at radius 3 is 2.21 bits per heavy atom. The van der Waals surface area contributed by atoms with Gasteiger partial charge in [-0.15, -0.1) is 0 Å². The average molecular weight is 308 g/mol. The first-order chi connectivity index (χ1) is 11.6. The average Bonchev–Trinajstić information content (AvgIpc) is 2.94. The molecule has 0 N–H and O–H groups in total. The fraction of sp³-hybridized carbons (Fsp3) is 0.167. The first-order valence-corrected chi connectivity index (χ1v) is 8.43. The second-order valence-corrected chi connectivity index (χ2v) is 6.72. The van der Waals surface area contributed by atoms with E-state index in [1.807, 2.05) is 0 Å². The molecule has 0 heteroatoms. The van der Waals surface area contributed by atoms with Crippen molar-refractivity contribution in [1.29, 1.82) is 0 Å². The van der Waals surface area contributed by atoms with Crippen molar-refractivity contribution in [2.45, 2.75) is 27.2 Å². The summed E-state index contributed by atoms with van der Waals surface area (Å²) >= 11 is 0. The van der Waals surface area contributed by atoms with Gasteiger partial charge in [0, 0.05) is 11.1 Å². The molecule has 0 saturated heterocycles. The van der Waals surface area contributed by atoms with E-state index >= 15 is 0 Å². The standard InChI is InChI=1S/C24H20/c1-16-4-7-19(8-5-16)9-10-20-11-13-23-22-12-6-17(2)14-21(22)15-24(23)18(20)3/h4-8,11-14H,15H2,1-3H3. The van der Waals surface area contributed by atoms with Crippen molar-refractivity contribution in [2.24, 2.45) is 0 Å². The van der Waals surface area contributed by atoms with Gasteiger partial charge in [-0.25, -0.2) is 0 Å². The minimum atomic E-state index is 1.03. The highest BCUT2D eigenvalue weighted by Gasteiger charge is 2.20. The van der Waals surface area contributed by atoms with Gasteiger partial charge in [-0.3, -0.25) is 0 Å². The Balaban J connectivity index is 1.73. The number of benzene rings is 3. The monoisotopic (exact) mass is 308 g/mol. The van der Waals surface area contributed by atoms with Gasteiger partial charge in [0.15, 0.2) is 0 Å². The van der Waals surface area contributed by atoms with Gasteiger partial charge in [0.25, 0.3) is 0 Å². The fourth-order valence-electron chi connectivity index (χ4n) is 3.47. The quantitative estimate of drug-likeness (QED) is 0.372. The van der Waals surface area contributed by atoms with E-state index in [0.717, 1.165) is 17.5 Å². The van der Waals surface area contributed by atoms with Crippen LogP contribution in [0.3, 0.4) is 0 Å². The first kappa shape index (κ1) is 14.8. The van der Waals surface area contributed by atoms with E-state index < -0.39 is 0 Å². The van der Waals surface area contributed by atoms with Crippen molar-refractivity contribution >= 4 is 0 Å². The molecule has 0 spiro atoms. The molecular formula is C24H20. The number of hydrogen-bond acceptors (Lipinski definition) is 0. The van der Waals surface area contributed by atoms with Crippen LogP contribution in [0.5, 0.6) is 0 Å². The summed E-state index contributed by atoms with van der Waals surface area (Å²) in [6.07, 6.45) is 1.03. The van der Waals surface area contributed by atoms with Gasteiger partial charge in [0.2, 0.25) is 0 Å². The Hall–Kier alpha value is -2.78. The predicted molar refractivity (Wildman–Crippen MR) is 101 cm³/mol. The van der Waals surface area contributed by atoms with Crippen LogP contribution in [0.2, 0.25) is 0 Å². The molecule has 0 nitrogen and oxygen atoms in total. The second-order valence-electron chi connectivity index (χ2n) is 6.72. The second kappa shape index (κ2) is 5.69. The molecule has 0 heterocycles. The lowest BCUT2D eigenvalue weighted by atomic mass is 9.97. The highest BCUT2D eigenvalue weighted by Crippen LogP contribution is 2.39. The Morgan fingerprint density at radius 1 is 0.708 bits per heavy atom. The number of rotatable bonds is 0. The van der Waals surface area contributed by atoms with E-state index in [2.05, 4.69) is 87.2 Å². The third kappa shape index (κ3) is 2.53. The molecule has 0 aliphatic heterocycles. The van der Waals surface area contributed by atoms with Crippen molar-refractivity contribution in [2.75, 3.05) is 0 Å². The number of hydrogen-bond donors (Lipinski definition) is 0. The van der Waals surface area contributed by atoms with Crippen LogP contribution in [-0.4, -0.2) is 0 Å². The fourth-order valence-corrected chi connectivity index (χ4v) is 3.47. The van der Waals surface area contributed by atoms with Crippen LogP contribution in [0.15, 0.2) is 54.6 Å². The minimum absolute atomic E-state index is 1.03. The maximum absolute atomic E-state index is 3.37. The SMILES string of the molecule is Cc1ccc(C#Cc2ccc3c(c2C)Cc2cc(C)ccc2-3)cc1. The largest absolute Gasteiger partial charge is 0.0616 e. The van der Waals surface area contributed by atoms with Crippen molar-refractivity contribution < 1.29 is 0 Å². The van der Waals surface area contributed by atoms with Crippen LogP contribution < -0.4 is 0 Å². The molecule has 1 aliphatic rings. The van der Waals surface area contributed by atoms with Gasteiger partial charge < -0.3 is 0 Å². The number of aryl methyl sites for hydroxylation is 2. The Labute approximate surface area is 144 Å². The minimum Gasteiger partial charge on any atom is -0.0616 e. The summed E-state index contributed by atoms with van der Waals surface area (Å²) in [6.45, 7) is 6.46. The lowest BCUT2D eigenvalue weighted by Gasteiger charge is -2.06. The lowest BCUT2D eigenvalue weighted by molar-refractivity contribution is 1.20. The summed E-state index contributed by atoms with van der Waals surface area (Å²) in [5, 5.41) is 0. The van der Waals surface area contributed by atoms with E-state index in [9.17, 15) is 0 Å². The van der Waals surface area contributed by atoms with Gasteiger partial charge in [0.05, 0.1) is 0 Å². The van der Waals surface area contributed by atoms with Crippen molar-refractivity contribution in [3.05, 3.63) is 93.5 Å². The van der Waals surface area contributed by atoms with Crippen LogP contribution in [0.1, 0.15) is 38.9 Å². The zero-order valence-corrected chi connectivity index (χ0v) is 14.4. The molecule has 0 bridgehead atoms. The van der Waals surface area contributed by atoms with E-state index in [1.54, 1.807) is 0 Å². The summed E-state index contributed by atoms with van der Waals surface area (Å²) < 4.78 is 0. The van der Waals surface area contributed by atoms with Crippen LogP contribution in [-0.2, 0) is 6.42 Å². The molecular weight excluding hydrogens is 288 g/mol. The zero-order chi connectivity index (χ0) is 16.7. The predicted octanol–water partition coefficient (Wildman–Crippen LogP) is 5.58. The topological polar surface area (TPSA) is 0 Å². The molecule has 0 radical (unpaired) electrons. The van der Waals surface area contributed by atoms with Crippen LogP contribution in [0, 0.1) is 32.6 Å². The van der Waals surface area contributed by atoms with Gasteiger partial charge in [-0.2, -0.15) is 0 Å². The normalized spacial score (nSPS) is 11.5. The van der Waals surface area contributed by atoms with Crippen molar-refractivity contribution in [1.82, 2.24) is 0 Å². The summed E-state index contributed by atoms with van der Waals surface area (Å²) in [7, 11) is 0. The molecule has 24 heavy (non-hydrogen) atoms. The Kier molecular flexibility index (Phi) is 3.51. The van der Waals surface area contributed by atoms with Crippen molar-refractivity contribution in [3.63, 3.8) is 0 Å². The molecule has 0 fully saturated rings. The van der Waals surface area contributed by atoms with Gasteiger partial charge in [-0.05, 0) is 73.2 Å². The van der Waals surface area contributed by atoms with Gasteiger partial charge in [-0.1, -0.05) is 59.4 Å². The molecule has 4 rings (SSSR count). The Morgan fingerprint density at radius 2 is 1.42 bits per heavy atom. The van der Waals surface area contributed by atoms with E-state index in [4.69, 9.17) is 0 Å². The summed E-state index contributed by atoms with van der Waals surface area (Å²) in [4.78, 5) is 0. The van der Waals surface area contributed by atoms with E-state index in [0.29, 0.717) is 0 Å². The molecule has 3 aromatic rings. The van der Waals surface area contributed by atoms with E-state index in [-0.39, 0.29) is 0 Å². The highest BCUT2D eigenvalue weighted by molar-refractivity contribution is 5.79.